The molecule has 0 aliphatic heterocycles. The molecule has 0 N–H and O–H groups in total. The maximum Gasteiger partial charge on any atom is -0.0146 e. The third kappa shape index (κ3) is 4.93. The summed E-state index contributed by atoms with van der Waals surface area (Å²) in [6.07, 6.45) is 10.4. The van der Waals surface area contributed by atoms with Crippen LogP contribution in [-0.2, 0) is 12.8 Å². The number of hydrogen-bond donors (Lipinski definition) is 0. The Morgan fingerprint density at radius 3 is 2.41 bits per heavy atom. The summed E-state index contributed by atoms with van der Waals surface area (Å²) in [4.78, 5) is 0. The Kier molecular flexibility index (Phi) is 7.00. The van der Waals surface area contributed by atoms with Gasteiger partial charge in [0, 0.05) is 0 Å². The fourth-order valence-electron chi connectivity index (χ4n) is 2.35. The second-order valence-electron chi connectivity index (χ2n) is 5.03. The second-order valence-corrected chi connectivity index (χ2v) is 5.03. The molecule has 0 unspecified atom stereocenters. The molecular formula is C17H27. The van der Waals surface area contributed by atoms with Gasteiger partial charge in [0.05, 0.1) is 0 Å². The first-order valence-electron chi connectivity index (χ1n) is 7.28. The van der Waals surface area contributed by atoms with Crippen molar-refractivity contribution in [3.05, 3.63) is 34.9 Å². The van der Waals surface area contributed by atoms with E-state index in [1.54, 1.807) is 5.56 Å². The zero-order valence-corrected chi connectivity index (χ0v) is 11.8. The van der Waals surface area contributed by atoms with Crippen LogP contribution in [-0.4, -0.2) is 0 Å². The van der Waals surface area contributed by atoms with Crippen molar-refractivity contribution in [1.82, 2.24) is 0 Å². The summed E-state index contributed by atoms with van der Waals surface area (Å²) in [6, 6.07) is 7.77. The topological polar surface area (TPSA) is 0 Å². The quantitative estimate of drug-likeness (QED) is 0.535. The molecule has 0 aliphatic rings. The van der Waals surface area contributed by atoms with E-state index in [1.807, 2.05) is 0 Å². The average Bonchev–Trinajstić information content (AvgIpc) is 2.34. The van der Waals surface area contributed by atoms with Gasteiger partial charge in [0.15, 0.2) is 0 Å². The first-order chi connectivity index (χ1) is 8.29. The van der Waals surface area contributed by atoms with Crippen molar-refractivity contribution in [3.63, 3.8) is 0 Å². The molecule has 0 saturated heterocycles. The van der Waals surface area contributed by atoms with E-state index < -0.39 is 0 Å². The maximum atomic E-state index is 3.46. The summed E-state index contributed by atoms with van der Waals surface area (Å²) in [5.74, 6) is 0. The molecule has 1 rings (SSSR count). The van der Waals surface area contributed by atoms with Crippen molar-refractivity contribution in [2.24, 2.45) is 0 Å². The van der Waals surface area contributed by atoms with Crippen LogP contribution in [0.25, 0.3) is 0 Å². The minimum Gasteiger partial charge on any atom is -0.0654 e. The third-order valence-electron chi connectivity index (χ3n) is 3.49. The summed E-state index contributed by atoms with van der Waals surface area (Å²) in [6.45, 7) is 6.78. The van der Waals surface area contributed by atoms with Crippen LogP contribution in [0.3, 0.4) is 0 Å². The number of benzene rings is 1. The lowest BCUT2D eigenvalue weighted by atomic mass is 9.94. The molecular weight excluding hydrogens is 204 g/mol. The number of unbranched alkanes of at least 4 members (excludes halogenated alkanes) is 4. The zero-order chi connectivity index (χ0) is 12.5. The fourth-order valence-corrected chi connectivity index (χ4v) is 2.35. The molecule has 95 valence electrons. The average molecular weight is 231 g/mol. The number of aryl methyl sites for hydroxylation is 2. The van der Waals surface area contributed by atoms with Gasteiger partial charge in [-0.1, -0.05) is 51.7 Å². The van der Waals surface area contributed by atoms with E-state index in [0.717, 1.165) is 0 Å². The van der Waals surface area contributed by atoms with Gasteiger partial charge in [-0.25, -0.2) is 0 Å². The molecule has 0 heterocycles. The Hall–Kier alpha value is -0.780. The molecule has 0 aromatic heterocycles. The molecule has 0 spiro atoms. The largest absolute Gasteiger partial charge is 0.0654 e. The zero-order valence-electron chi connectivity index (χ0n) is 11.8. The van der Waals surface area contributed by atoms with Crippen LogP contribution in [0.4, 0.5) is 0 Å². The fraction of sp³-hybridized carbons (Fsp3) is 0.647. The van der Waals surface area contributed by atoms with Crippen LogP contribution in [0.2, 0.25) is 0 Å². The van der Waals surface area contributed by atoms with Crippen molar-refractivity contribution in [1.29, 1.82) is 0 Å². The molecule has 0 nitrogen and oxygen atoms in total. The van der Waals surface area contributed by atoms with Gasteiger partial charge >= 0.3 is 0 Å². The molecule has 0 aliphatic carbocycles. The van der Waals surface area contributed by atoms with Crippen LogP contribution in [0.1, 0.15) is 69.1 Å². The van der Waals surface area contributed by atoms with Gasteiger partial charge in [-0.3, -0.25) is 0 Å². The van der Waals surface area contributed by atoms with Gasteiger partial charge < -0.3 is 0 Å². The van der Waals surface area contributed by atoms with Crippen LogP contribution < -0.4 is 0 Å². The minimum absolute atomic E-state index is 1.22. The molecule has 1 aromatic rings. The van der Waals surface area contributed by atoms with E-state index in [-0.39, 0.29) is 0 Å². The monoisotopic (exact) mass is 231 g/mol. The van der Waals surface area contributed by atoms with E-state index in [1.165, 1.54) is 62.5 Å². The number of hydrogen-bond acceptors (Lipinski definition) is 0. The predicted octanol–water partition coefficient (Wildman–Crippen LogP) is 5.26. The normalized spacial score (nSPS) is 10.8. The SMILES string of the molecule is CCCCCCc1[c]ccc(C)c1CCCC. The van der Waals surface area contributed by atoms with Crippen LogP contribution in [0.15, 0.2) is 12.1 Å². The maximum absolute atomic E-state index is 3.46. The Morgan fingerprint density at radius 2 is 1.71 bits per heavy atom. The Morgan fingerprint density at radius 1 is 0.941 bits per heavy atom. The highest BCUT2D eigenvalue weighted by molar-refractivity contribution is 5.33. The van der Waals surface area contributed by atoms with Crippen LogP contribution in [0, 0.1) is 13.0 Å². The van der Waals surface area contributed by atoms with E-state index in [0.29, 0.717) is 0 Å². The molecule has 1 aromatic carbocycles. The van der Waals surface area contributed by atoms with Crippen LogP contribution >= 0.6 is 0 Å². The number of rotatable bonds is 8. The molecule has 0 fully saturated rings. The summed E-state index contributed by atoms with van der Waals surface area (Å²) >= 11 is 0. The Labute approximate surface area is 107 Å². The highest BCUT2D eigenvalue weighted by Crippen LogP contribution is 2.19. The van der Waals surface area contributed by atoms with Gasteiger partial charge in [0.2, 0.25) is 0 Å². The summed E-state index contributed by atoms with van der Waals surface area (Å²) < 4.78 is 0. The second kappa shape index (κ2) is 8.33. The molecule has 0 amide bonds. The van der Waals surface area contributed by atoms with Gasteiger partial charge in [0.1, 0.15) is 0 Å². The van der Waals surface area contributed by atoms with E-state index >= 15 is 0 Å². The lowest BCUT2D eigenvalue weighted by molar-refractivity contribution is 0.662. The van der Waals surface area contributed by atoms with E-state index in [4.69, 9.17) is 0 Å². The Bertz CT molecular complexity index is 312. The third-order valence-corrected chi connectivity index (χ3v) is 3.49. The smallest absolute Gasteiger partial charge is 0.0146 e. The molecule has 1 radical (unpaired) electrons. The highest BCUT2D eigenvalue weighted by Gasteiger charge is 2.05. The van der Waals surface area contributed by atoms with Crippen LogP contribution in [0.5, 0.6) is 0 Å². The molecule has 17 heavy (non-hydrogen) atoms. The van der Waals surface area contributed by atoms with Crippen molar-refractivity contribution in [2.75, 3.05) is 0 Å². The molecule has 0 saturated carbocycles. The first kappa shape index (κ1) is 14.3. The van der Waals surface area contributed by atoms with E-state index in [2.05, 4.69) is 39.0 Å². The molecule has 0 heteroatoms. The van der Waals surface area contributed by atoms with Crippen molar-refractivity contribution in [3.8, 4) is 0 Å². The highest BCUT2D eigenvalue weighted by atomic mass is 14.1. The summed E-state index contributed by atoms with van der Waals surface area (Å²) in [5, 5.41) is 0. The standard InChI is InChI=1S/C17H27/c1-4-6-8-9-12-16-13-10-11-15(3)17(16)14-7-5-2/h10-11H,4-9,12,14H2,1-3H3. The van der Waals surface area contributed by atoms with Gasteiger partial charge in [-0.15, -0.1) is 0 Å². The lowest BCUT2D eigenvalue weighted by Gasteiger charge is -2.12. The first-order valence-corrected chi connectivity index (χ1v) is 7.28. The van der Waals surface area contributed by atoms with Crippen molar-refractivity contribution >= 4 is 0 Å². The Balaban J connectivity index is 2.59. The molecule has 0 atom stereocenters. The predicted molar refractivity (Wildman–Crippen MR) is 76.5 cm³/mol. The molecule has 0 bridgehead atoms. The minimum atomic E-state index is 1.22. The lowest BCUT2D eigenvalue weighted by Crippen LogP contribution is -1.98. The summed E-state index contributed by atoms with van der Waals surface area (Å²) in [5.41, 5.74) is 4.52. The van der Waals surface area contributed by atoms with Gasteiger partial charge in [-0.2, -0.15) is 0 Å². The van der Waals surface area contributed by atoms with Gasteiger partial charge in [0.25, 0.3) is 0 Å². The summed E-state index contributed by atoms with van der Waals surface area (Å²) in [7, 11) is 0. The van der Waals surface area contributed by atoms with Gasteiger partial charge in [-0.05, 0) is 55.4 Å². The van der Waals surface area contributed by atoms with Crippen molar-refractivity contribution in [2.45, 2.75) is 72.1 Å². The van der Waals surface area contributed by atoms with Crippen molar-refractivity contribution < 1.29 is 0 Å². The van der Waals surface area contributed by atoms with E-state index in [9.17, 15) is 0 Å².